The van der Waals surface area contributed by atoms with E-state index in [1.54, 1.807) is 23.1 Å². The molecule has 1 aliphatic rings. The van der Waals surface area contributed by atoms with Gasteiger partial charge in [0.25, 0.3) is 10.0 Å². The molecule has 0 fully saturated rings. The Labute approximate surface area is 250 Å². The van der Waals surface area contributed by atoms with Gasteiger partial charge in [-0.1, -0.05) is 90.1 Å². The Bertz CT molecular complexity index is 1480. The van der Waals surface area contributed by atoms with Crippen molar-refractivity contribution in [2.75, 3.05) is 11.3 Å². The fourth-order valence-corrected chi connectivity index (χ4v) is 6.19. The smallest absolute Gasteiger partial charge is 0.261 e. The molecule has 4 rings (SSSR count). The van der Waals surface area contributed by atoms with E-state index in [9.17, 15) is 17.6 Å². The predicted octanol–water partition coefficient (Wildman–Crippen LogP) is 7.75. The van der Waals surface area contributed by atoms with Crippen LogP contribution in [0.3, 0.4) is 0 Å². The van der Waals surface area contributed by atoms with E-state index in [2.05, 4.69) is 44.5 Å². The van der Waals surface area contributed by atoms with Crippen LogP contribution in [-0.2, 0) is 39.7 Å². The molecule has 3 aromatic carbocycles. The lowest BCUT2D eigenvalue weighted by Crippen LogP contribution is -2.26. The van der Waals surface area contributed by atoms with Crippen molar-refractivity contribution in [3.05, 3.63) is 88.7 Å². The van der Waals surface area contributed by atoms with Crippen LogP contribution < -0.4 is 9.46 Å². The summed E-state index contributed by atoms with van der Waals surface area (Å²) in [7, 11) is -4.04. The standard InChI is InChI=1S/C34H43FN2O4S/c1-5-6-7-8-9-10-19-41-29-16-18-32(31(35)22-29)36-42(39,40)30-17-13-26-23-37(24-27(26)21-30)33(38)20-25-11-14-28(15-12-25)34(2,3)4/h11-18,21-22,36H,5-10,19-20,23-24H2,1-4H3. The highest BCUT2D eigenvalue weighted by atomic mass is 32.2. The summed E-state index contributed by atoms with van der Waals surface area (Å²) in [6.45, 7) is 9.89. The van der Waals surface area contributed by atoms with Gasteiger partial charge >= 0.3 is 0 Å². The second kappa shape index (κ2) is 13.7. The lowest BCUT2D eigenvalue weighted by molar-refractivity contribution is -0.131. The Morgan fingerprint density at radius 3 is 2.29 bits per heavy atom. The molecule has 1 heterocycles. The number of carbonyl (C=O) groups excluding carboxylic acids is 1. The average Bonchev–Trinajstić information content (AvgIpc) is 3.38. The highest BCUT2D eigenvalue weighted by molar-refractivity contribution is 7.92. The number of nitrogens with one attached hydrogen (secondary N) is 1. The topological polar surface area (TPSA) is 75.7 Å². The monoisotopic (exact) mass is 594 g/mol. The average molecular weight is 595 g/mol. The molecule has 8 heteroatoms. The number of fused-ring (bicyclic) bond motifs is 1. The molecule has 0 unspecified atom stereocenters. The summed E-state index contributed by atoms with van der Waals surface area (Å²) in [4.78, 5) is 14.8. The third-order valence-electron chi connectivity index (χ3n) is 7.69. The zero-order valence-corrected chi connectivity index (χ0v) is 26.0. The van der Waals surface area contributed by atoms with Gasteiger partial charge in [-0.15, -0.1) is 0 Å². The summed E-state index contributed by atoms with van der Waals surface area (Å²) in [5.74, 6) is -0.345. The number of halogens is 1. The van der Waals surface area contributed by atoms with Gasteiger partial charge in [0.1, 0.15) is 5.75 Å². The molecule has 0 bridgehead atoms. The Kier molecular flexibility index (Phi) is 10.3. The van der Waals surface area contributed by atoms with E-state index in [1.807, 2.05) is 12.1 Å². The number of sulfonamides is 1. The first-order valence-corrected chi connectivity index (χ1v) is 16.4. The second-order valence-corrected chi connectivity index (χ2v) is 13.8. The summed E-state index contributed by atoms with van der Waals surface area (Å²) in [5.41, 5.74) is 3.73. The van der Waals surface area contributed by atoms with Crippen LogP contribution in [0.5, 0.6) is 5.75 Å². The molecule has 1 N–H and O–H groups in total. The largest absolute Gasteiger partial charge is 0.493 e. The SMILES string of the molecule is CCCCCCCCOc1ccc(NS(=O)(=O)c2ccc3c(c2)CN(C(=O)Cc2ccc(C(C)(C)C)cc2)C3)c(F)c1. The molecule has 0 saturated carbocycles. The molecule has 1 amide bonds. The number of amides is 1. The maximum atomic E-state index is 14.8. The van der Waals surface area contributed by atoms with E-state index in [0.717, 1.165) is 36.0 Å². The van der Waals surface area contributed by atoms with Gasteiger partial charge in [0.2, 0.25) is 5.91 Å². The second-order valence-electron chi connectivity index (χ2n) is 12.2. The van der Waals surface area contributed by atoms with Crippen molar-refractivity contribution >= 4 is 21.6 Å². The van der Waals surface area contributed by atoms with Crippen LogP contribution in [-0.4, -0.2) is 25.8 Å². The van der Waals surface area contributed by atoms with Crippen molar-refractivity contribution in [1.82, 2.24) is 4.90 Å². The summed E-state index contributed by atoms with van der Waals surface area (Å²) in [6.07, 6.45) is 7.06. The quantitative estimate of drug-likeness (QED) is 0.205. The molecule has 42 heavy (non-hydrogen) atoms. The molecule has 0 aromatic heterocycles. The van der Waals surface area contributed by atoms with Crippen LogP contribution in [0.25, 0.3) is 0 Å². The first-order chi connectivity index (χ1) is 20.0. The third kappa shape index (κ3) is 8.34. The zero-order chi connectivity index (χ0) is 30.3. The van der Waals surface area contributed by atoms with Gasteiger partial charge in [-0.25, -0.2) is 12.8 Å². The number of unbranched alkanes of at least 4 members (excludes halogenated alkanes) is 5. The molecule has 6 nitrogen and oxygen atoms in total. The van der Waals surface area contributed by atoms with Crippen LogP contribution in [0.1, 0.15) is 88.5 Å². The molecule has 0 spiro atoms. The Hall–Kier alpha value is -3.39. The van der Waals surface area contributed by atoms with Gasteiger partial charge in [-0.2, -0.15) is 0 Å². The normalized spacial score (nSPS) is 13.2. The van der Waals surface area contributed by atoms with Gasteiger partial charge in [0, 0.05) is 19.2 Å². The van der Waals surface area contributed by atoms with Crippen molar-refractivity contribution < 1.29 is 22.3 Å². The zero-order valence-electron chi connectivity index (χ0n) is 25.2. The minimum atomic E-state index is -4.04. The minimum absolute atomic E-state index is 0.0156. The van der Waals surface area contributed by atoms with Crippen molar-refractivity contribution in [1.29, 1.82) is 0 Å². The molecule has 0 atom stereocenters. The number of hydrogen-bond donors (Lipinski definition) is 1. The molecule has 1 aliphatic heterocycles. The Balaban J connectivity index is 1.33. The van der Waals surface area contributed by atoms with E-state index < -0.39 is 15.8 Å². The number of anilines is 1. The predicted molar refractivity (Wildman–Crippen MR) is 166 cm³/mol. The minimum Gasteiger partial charge on any atom is -0.493 e. The number of benzene rings is 3. The van der Waals surface area contributed by atoms with E-state index in [1.165, 1.54) is 43.0 Å². The summed E-state index contributed by atoms with van der Waals surface area (Å²) in [5, 5.41) is 0. The molecule has 0 radical (unpaired) electrons. The van der Waals surface area contributed by atoms with Gasteiger partial charge in [-0.3, -0.25) is 9.52 Å². The van der Waals surface area contributed by atoms with Crippen LogP contribution in [0.15, 0.2) is 65.6 Å². The highest BCUT2D eigenvalue weighted by Crippen LogP contribution is 2.29. The molecule has 0 saturated heterocycles. The van der Waals surface area contributed by atoms with E-state index in [4.69, 9.17) is 4.74 Å². The molecular weight excluding hydrogens is 551 g/mol. The first kappa shape index (κ1) is 31.5. The summed E-state index contributed by atoms with van der Waals surface area (Å²) >= 11 is 0. The van der Waals surface area contributed by atoms with Crippen molar-refractivity contribution in [3.8, 4) is 5.75 Å². The number of carbonyl (C=O) groups is 1. The maximum Gasteiger partial charge on any atom is 0.261 e. The van der Waals surface area contributed by atoms with Crippen LogP contribution in [0.4, 0.5) is 10.1 Å². The first-order valence-electron chi connectivity index (χ1n) is 14.9. The van der Waals surface area contributed by atoms with Crippen LogP contribution in [0.2, 0.25) is 0 Å². The summed E-state index contributed by atoms with van der Waals surface area (Å²) in [6, 6.07) is 17.1. The van der Waals surface area contributed by atoms with Gasteiger partial charge in [0.05, 0.1) is 23.6 Å². The van der Waals surface area contributed by atoms with E-state index in [-0.39, 0.29) is 28.3 Å². The number of ether oxygens (including phenoxy) is 1. The Morgan fingerprint density at radius 2 is 1.60 bits per heavy atom. The van der Waals surface area contributed by atoms with Crippen molar-refractivity contribution in [3.63, 3.8) is 0 Å². The summed E-state index contributed by atoms with van der Waals surface area (Å²) < 4.78 is 49.0. The maximum absolute atomic E-state index is 14.8. The van der Waals surface area contributed by atoms with Crippen LogP contribution in [0, 0.1) is 5.82 Å². The molecular formula is C34H43FN2O4S. The molecule has 0 aliphatic carbocycles. The number of hydrogen-bond acceptors (Lipinski definition) is 4. The van der Waals surface area contributed by atoms with Gasteiger partial charge < -0.3 is 9.64 Å². The Morgan fingerprint density at radius 1 is 0.905 bits per heavy atom. The number of nitrogens with zero attached hydrogens (tertiary/aromatic N) is 1. The number of rotatable bonds is 13. The van der Waals surface area contributed by atoms with Gasteiger partial charge in [0.15, 0.2) is 5.82 Å². The van der Waals surface area contributed by atoms with Crippen molar-refractivity contribution in [2.45, 2.75) is 96.0 Å². The van der Waals surface area contributed by atoms with Crippen molar-refractivity contribution in [2.24, 2.45) is 0 Å². The highest BCUT2D eigenvalue weighted by Gasteiger charge is 2.26. The molecule has 3 aromatic rings. The lowest BCUT2D eigenvalue weighted by Gasteiger charge is -2.19. The fourth-order valence-electron chi connectivity index (χ4n) is 5.07. The van der Waals surface area contributed by atoms with Gasteiger partial charge in [-0.05, 0) is 58.4 Å². The lowest BCUT2D eigenvalue weighted by atomic mass is 9.86. The van der Waals surface area contributed by atoms with Crippen LogP contribution >= 0.6 is 0 Å². The van der Waals surface area contributed by atoms with E-state index in [0.29, 0.717) is 25.4 Å². The third-order valence-corrected chi connectivity index (χ3v) is 9.05. The molecule has 226 valence electrons. The van der Waals surface area contributed by atoms with E-state index >= 15 is 0 Å². The fraction of sp³-hybridized carbons (Fsp3) is 0.441.